The fourth-order valence-corrected chi connectivity index (χ4v) is 2.75. The number of nitrogens with zero attached hydrogens (tertiary/aromatic N) is 1. The molecule has 0 saturated carbocycles. The highest BCUT2D eigenvalue weighted by molar-refractivity contribution is 7.89. The van der Waals surface area contributed by atoms with Gasteiger partial charge in [0.25, 0.3) is 0 Å². The van der Waals surface area contributed by atoms with Gasteiger partial charge in [-0.1, -0.05) is 12.8 Å². The molecule has 0 aliphatic heterocycles. The number of rotatable bonds is 5. The molecule has 5 nitrogen and oxygen atoms in total. The van der Waals surface area contributed by atoms with Crippen LogP contribution in [0, 0.1) is 12.3 Å². The van der Waals surface area contributed by atoms with Gasteiger partial charge in [-0.25, -0.2) is 13.2 Å². The number of hydrogen-bond donors (Lipinski definition) is 1. The van der Waals surface area contributed by atoms with E-state index in [9.17, 15) is 13.2 Å². The van der Waals surface area contributed by atoms with Crippen molar-refractivity contribution < 1.29 is 18.3 Å². The predicted octanol–water partition coefficient (Wildman–Crippen LogP) is 1.03. The second kappa shape index (κ2) is 5.67. The molecule has 0 unspecified atom stereocenters. The first kappa shape index (κ1) is 14.2. The fraction of sp³-hybridized carbons (Fsp3) is 0.250. The molecule has 6 heteroatoms. The Hall–Kier alpha value is -1.84. The average molecular weight is 267 g/mol. The van der Waals surface area contributed by atoms with Crippen LogP contribution < -0.4 is 0 Å². The number of sulfonamides is 1. The number of aromatic carboxylic acids is 1. The SMILES string of the molecule is C#CCN(CC)S(=O)(=O)c1ccc(C(=O)O)cc1. The minimum Gasteiger partial charge on any atom is -0.478 e. The molecule has 0 heterocycles. The summed E-state index contributed by atoms with van der Waals surface area (Å²) >= 11 is 0. The van der Waals surface area contributed by atoms with E-state index in [-0.39, 0.29) is 23.5 Å². The Morgan fingerprint density at radius 3 is 2.33 bits per heavy atom. The molecule has 18 heavy (non-hydrogen) atoms. The van der Waals surface area contributed by atoms with E-state index in [2.05, 4.69) is 5.92 Å². The summed E-state index contributed by atoms with van der Waals surface area (Å²) in [6.45, 7) is 1.92. The van der Waals surface area contributed by atoms with Crippen molar-refractivity contribution in [2.75, 3.05) is 13.1 Å². The minimum atomic E-state index is -3.66. The van der Waals surface area contributed by atoms with Gasteiger partial charge in [-0.15, -0.1) is 6.42 Å². The lowest BCUT2D eigenvalue weighted by molar-refractivity contribution is 0.0696. The Bertz CT molecular complexity index is 569. The van der Waals surface area contributed by atoms with E-state index < -0.39 is 16.0 Å². The van der Waals surface area contributed by atoms with Crippen LogP contribution in [-0.4, -0.2) is 36.9 Å². The number of carboxylic acid groups (broad SMARTS) is 1. The van der Waals surface area contributed by atoms with Crippen LogP contribution >= 0.6 is 0 Å². The molecule has 1 aromatic rings. The zero-order valence-corrected chi connectivity index (χ0v) is 10.6. The van der Waals surface area contributed by atoms with Gasteiger partial charge in [-0.3, -0.25) is 0 Å². The van der Waals surface area contributed by atoms with Crippen molar-refractivity contribution in [3.63, 3.8) is 0 Å². The predicted molar refractivity (Wildman–Crippen MR) is 66.7 cm³/mol. The Morgan fingerprint density at radius 2 is 1.94 bits per heavy atom. The van der Waals surface area contributed by atoms with Crippen LogP contribution in [0.2, 0.25) is 0 Å². The van der Waals surface area contributed by atoms with Crippen LogP contribution in [0.15, 0.2) is 29.2 Å². The largest absolute Gasteiger partial charge is 0.478 e. The maximum absolute atomic E-state index is 12.1. The highest BCUT2D eigenvalue weighted by Gasteiger charge is 2.22. The van der Waals surface area contributed by atoms with Gasteiger partial charge in [0.2, 0.25) is 10.0 Å². The summed E-state index contributed by atoms with van der Waals surface area (Å²) in [4.78, 5) is 10.7. The molecular weight excluding hydrogens is 254 g/mol. The molecule has 0 amide bonds. The number of hydrogen-bond acceptors (Lipinski definition) is 3. The third kappa shape index (κ3) is 2.88. The van der Waals surface area contributed by atoms with Crippen molar-refractivity contribution in [2.24, 2.45) is 0 Å². The van der Waals surface area contributed by atoms with Crippen LogP contribution in [0.25, 0.3) is 0 Å². The first-order valence-electron chi connectivity index (χ1n) is 5.20. The maximum Gasteiger partial charge on any atom is 0.335 e. The minimum absolute atomic E-state index is 0.0144. The van der Waals surface area contributed by atoms with Crippen molar-refractivity contribution in [3.8, 4) is 12.3 Å². The van der Waals surface area contributed by atoms with Gasteiger partial charge in [0.05, 0.1) is 17.0 Å². The molecular formula is C12H13NO4S. The van der Waals surface area contributed by atoms with E-state index >= 15 is 0 Å². The quantitative estimate of drug-likeness (QED) is 0.808. The van der Waals surface area contributed by atoms with Gasteiger partial charge >= 0.3 is 5.97 Å². The van der Waals surface area contributed by atoms with Gasteiger partial charge in [-0.05, 0) is 24.3 Å². The molecule has 0 radical (unpaired) electrons. The lowest BCUT2D eigenvalue weighted by Crippen LogP contribution is -2.31. The number of carboxylic acids is 1. The third-order valence-electron chi connectivity index (χ3n) is 2.36. The van der Waals surface area contributed by atoms with Crippen LogP contribution in [0.1, 0.15) is 17.3 Å². The Kier molecular flexibility index (Phi) is 4.48. The number of terminal acetylenes is 1. The molecule has 1 aromatic carbocycles. The zero-order chi connectivity index (χ0) is 13.8. The smallest absolute Gasteiger partial charge is 0.335 e. The number of benzene rings is 1. The summed E-state index contributed by atoms with van der Waals surface area (Å²) in [6.07, 6.45) is 5.11. The Labute approximate surface area is 106 Å². The van der Waals surface area contributed by atoms with E-state index in [0.29, 0.717) is 0 Å². The van der Waals surface area contributed by atoms with Gasteiger partial charge < -0.3 is 5.11 Å². The van der Waals surface area contributed by atoms with Crippen LogP contribution in [0.5, 0.6) is 0 Å². The first-order valence-corrected chi connectivity index (χ1v) is 6.64. The Balaban J connectivity index is 3.13. The summed E-state index contributed by atoms with van der Waals surface area (Å²) in [5, 5.41) is 8.73. The molecule has 0 bridgehead atoms. The molecule has 0 spiro atoms. The third-order valence-corrected chi connectivity index (χ3v) is 4.29. The van der Waals surface area contributed by atoms with Crippen molar-refractivity contribution in [3.05, 3.63) is 29.8 Å². The Morgan fingerprint density at radius 1 is 1.39 bits per heavy atom. The van der Waals surface area contributed by atoms with Crippen LogP contribution in [0.4, 0.5) is 0 Å². The molecule has 0 aliphatic rings. The summed E-state index contributed by atoms with van der Waals surface area (Å²) in [5.74, 6) is 1.17. The van der Waals surface area contributed by atoms with Crippen LogP contribution in [-0.2, 0) is 10.0 Å². The van der Waals surface area contributed by atoms with Crippen molar-refractivity contribution in [1.82, 2.24) is 4.31 Å². The normalized spacial score (nSPS) is 11.2. The molecule has 96 valence electrons. The summed E-state index contributed by atoms with van der Waals surface area (Å²) < 4.78 is 25.4. The van der Waals surface area contributed by atoms with E-state index in [0.717, 1.165) is 4.31 Å². The van der Waals surface area contributed by atoms with E-state index in [4.69, 9.17) is 11.5 Å². The summed E-state index contributed by atoms with van der Waals surface area (Å²) in [6, 6.07) is 5.02. The molecule has 0 atom stereocenters. The fourth-order valence-electron chi connectivity index (χ4n) is 1.39. The molecule has 1 N–H and O–H groups in total. The molecule has 0 fully saturated rings. The van der Waals surface area contributed by atoms with Gasteiger partial charge in [0.15, 0.2) is 0 Å². The van der Waals surface area contributed by atoms with E-state index in [1.807, 2.05) is 0 Å². The topological polar surface area (TPSA) is 74.7 Å². The molecule has 0 aromatic heterocycles. The lowest BCUT2D eigenvalue weighted by atomic mass is 10.2. The van der Waals surface area contributed by atoms with Crippen molar-refractivity contribution in [2.45, 2.75) is 11.8 Å². The van der Waals surface area contributed by atoms with Gasteiger partial charge in [-0.2, -0.15) is 4.31 Å². The van der Waals surface area contributed by atoms with Crippen LogP contribution in [0.3, 0.4) is 0 Å². The summed E-state index contributed by atoms with van der Waals surface area (Å²) in [5.41, 5.74) is 0.0361. The average Bonchev–Trinajstić information content (AvgIpc) is 2.35. The molecule has 1 rings (SSSR count). The standard InChI is InChI=1S/C12H13NO4S/c1-3-9-13(4-2)18(16,17)11-7-5-10(6-8-11)12(14)15/h1,5-8H,4,9H2,2H3,(H,14,15). The first-order chi connectivity index (χ1) is 8.43. The van der Waals surface area contributed by atoms with Gasteiger partial charge in [0, 0.05) is 6.54 Å². The van der Waals surface area contributed by atoms with Gasteiger partial charge in [0.1, 0.15) is 0 Å². The highest BCUT2D eigenvalue weighted by Crippen LogP contribution is 2.16. The zero-order valence-electron chi connectivity index (χ0n) is 9.83. The van der Waals surface area contributed by atoms with Crippen molar-refractivity contribution in [1.29, 1.82) is 0 Å². The van der Waals surface area contributed by atoms with Crippen molar-refractivity contribution >= 4 is 16.0 Å². The highest BCUT2D eigenvalue weighted by atomic mass is 32.2. The lowest BCUT2D eigenvalue weighted by Gasteiger charge is -2.17. The second-order valence-corrected chi connectivity index (χ2v) is 5.40. The number of carbonyl (C=O) groups is 1. The molecule has 0 aliphatic carbocycles. The monoisotopic (exact) mass is 267 g/mol. The second-order valence-electron chi connectivity index (χ2n) is 3.46. The molecule has 0 saturated heterocycles. The van der Waals surface area contributed by atoms with E-state index in [1.165, 1.54) is 24.3 Å². The summed E-state index contributed by atoms with van der Waals surface area (Å²) in [7, 11) is -3.66. The maximum atomic E-state index is 12.1. The van der Waals surface area contributed by atoms with E-state index in [1.54, 1.807) is 6.92 Å².